The first-order chi connectivity index (χ1) is 13.3. The predicted molar refractivity (Wildman–Crippen MR) is 111 cm³/mol. The molecule has 0 unspecified atom stereocenters. The largest absolute Gasteiger partial charge is 0.302 e. The Hall–Kier alpha value is -2.98. The van der Waals surface area contributed by atoms with E-state index in [1.807, 2.05) is 35.7 Å². The number of anilines is 1. The minimum absolute atomic E-state index is 0.0559. The molecular weight excluding hydrogens is 352 g/mol. The Kier molecular flexibility index (Phi) is 3.98. The van der Waals surface area contributed by atoms with Gasteiger partial charge < -0.3 is 5.32 Å². The molecule has 0 aliphatic heterocycles. The van der Waals surface area contributed by atoms with Gasteiger partial charge in [0.25, 0.3) is 0 Å². The van der Waals surface area contributed by atoms with E-state index in [1.165, 1.54) is 27.7 Å². The standard InChI is InChI=1S/C23H18N2OS/c26-22(20-13-19(20)16-7-2-1-3-8-16)25-23-24-21(14-27-23)18-11-10-15-6-4-5-9-17(15)12-18/h1-12,14,19-20H,13H2,(H,24,25,26)/t19-,20-/m1/s1. The number of aromatic nitrogens is 1. The van der Waals surface area contributed by atoms with Crippen LogP contribution in [-0.4, -0.2) is 10.9 Å². The van der Waals surface area contributed by atoms with Crippen LogP contribution in [0.5, 0.6) is 0 Å². The van der Waals surface area contributed by atoms with E-state index in [1.54, 1.807) is 0 Å². The highest BCUT2D eigenvalue weighted by atomic mass is 32.1. The van der Waals surface area contributed by atoms with Gasteiger partial charge in [-0.1, -0.05) is 66.7 Å². The number of thiazole rings is 1. The number of nitrogens with zero attached hydrogens (tertiary/aromatic N) is 1. The van der Waals surface area contributed by atoms with Crippen LogP contribution in [0.2, 0.25) is 0 Å². The monoisotopic (exact) mass is 370 g/mol. The predicted octanol–water partition coefficient (Wildman–Crippen LogP) is 5.71. The fraction of sp³-hybridized carbons (Fsp3) is 0.130. The molecule has 1 fully saturated rings. The maximum atomic E-state index is 12.5. The number of nitrogens with one attached hydrogen (secondary N) is 1. The van der Waals surface area contributed by atoms with Gasteiger partial charge in [-0.3, -0.25) is 4.79 Å². The molecule has 1 aromatic heterocycles. The zero-order chi connectivity index (χ0) is 18.2. The Morgan fingerprint density at radius 3 is 2.59 bits per heavy atom. The van der Waals surface area contributed by atoms with Gasteiger partial charge in [-0.05, 0) is 34.7 Å². The van der Waals surface area contributed by atoms with E-state index in [4.69, 9.17) is 0 Å². The summed E-state index contributed by atoms with van der Waals surface area (Å²) in [5.74, 6) is 0.467. The van der Waals surface area contributed by atoms with Gasteiger partial charge in [-0.25, -0.2) is 4.98 Å². The van der Waals surface area contributed by atoms with Crippen LogP contribution >= 0.6 is 11.3 Å². The summed E-state index contributed by atoms with van der Waals surface area (Å²) < 4.78 is 0. The van der Waals surface area contributed by atoms with Crippen LogP contribution in [0.4, 0.5) is 5.13 Å². The van der Waals surface area contributed by atoms with Crippen molar-refractivity contribution in [3.05, 3.63) is 83.7 Å². The van der Waals surface area contributed by atoms with E-state index >= 15 is 0 Å². The van der Waals surface area contributed by atoms with E-state index in [0.29, 0.717) is 11.0 Å². The lowest BCUT2D eigenvalue weighted by Crippen LogP contribution is -2.14. The number of rotatable bonds is 4. The maximum absolute atomic E-state index is 12.5. The molecule has 4 heteroatoms. The molecule has 0 bridgehead atoms. The van der Waals surface area contributed by atoms with Crippen molar-refractivity contribution in [3.8, 4) is 11.3 Å². The highest BCUT2D eigenvalue weighted by Gasteiger charge is 2.44. The number of fused-ring (bicyclic) bond motifs is 1. The van der Waals surface area contributed by atoms with Crippen molar-refractivity contribution in [1.29, 1.82) is 0 Å². The van der Waals surface area contributed by atoms with Crippen molar-refractivity contribution in [2.75, 3.05) is 5.32 Å². The number of hydrogen-bond acceptors (Lipinski definition) is 3. The second-order valence-corrected chi connectivity index (χ2v) is 7.81. The van der Waals surface area contributed by atoms with Gasteiger partial charge in [0, 0.05) is 16.9 Å². The third-order valence-corrected chi connectivity index (χ3v) is 5.89. The second-order valence-electron chi connectivity index (χ2n) is 6.95. The van der Waals surface area contributed by atoms with Crippen LogP contribution in [0.1, 0.15) is 17.9 Å². The number of amides is 1. The number of benzene rings is 3. The van der Waals surface area contributed by atoms with Crippen molar-refractivity contribution in [3.63, 3.8) is 0 Å². The smallest absolute Gasteiger partial charge is 0.229 e. The zero-order valence-corrected chi connectivity index (χ0v) is 15.4. The zero-order valence-electron chi connectivity index (χ0n) is 14.6. The fourth-order valence-corrected chi connectivity index (χ4v) is 4.29. The van der Waals surface area contributed by atoms with Gasteiger partial charge in [-0.15, -0.1) is 11.3 Å². The topological polar surface area (TPSA) is 42.0 Å². The summed E-state index contributed by atoms with van der Waals surface area (Å²) in [5, 5.41) is 8.07. The number of hydrogen-bond donors (Lipinski definition) is 1. The van der Waals surface area contributed by atoms with Gasteiger partial charge in [0.15, 0.2) is 5.13 Å². The Morgan fingerprint density at radius 1 is 0.963 bits per heavy atom. The van der Waals surface area contributed by atoms with Crippen molar-refractivity contribution in [2.24, 2.45) is 5.92 Å². The van der Waals surface area contributed by atoms with Crippen molar-refractivity contribution in [1.82, 2.24) is 4.98 Å². The van der Waals surface area contributed by atoms with Gasteiger partial charge in [0.05, 0.1) is 5.69 Å². The molecule has 4 aromatic rings. The summed E-state index contributed by atoms with van der Waals surface area (Å²) in [4.78, 5) is 17.2. The van der Waals surface area contributed by atoms with Crippen LogP contribution in [0.3, 0.4) is 0 Å². The number of carbonyl (C=O) groups is 1. The lowest BCUT2D eigenvalue weighted by Gasteiger charge is -2.02. The lowest BCUT2D eigenvalue weighted by molar-refractivity contribution is -0.117. The average molecular weight is 370 g/mol. The summed E-state index contributed by atoms with van der Waals surface area (Å²) in [6, 6.07) is 24.9. The van der Waals surface area contributed by atoms with Gasteiger partial charge in [-0.2, -0.15) is 0 Å². The summed E-state index contributed by atoms with van der Waals surface area (Å²) in [5.41, 5.74) is 3.21. The second kappa shape index (κ2) is 6.63. The van der Waals surface area contributed by atoms with Crippen LogP contribution in [0.15, 0.2) is 78.2 Å². The summed E-state index contributed by atoms with van der Waals surface area (Å²) in [6.07, 6.45) is 0.915. The summed E-state index contributed by atoms with van der Waals surface area (Å²) >= 11 is 1.48. The molecule has 1 amide bonds. The minimum atomic E-state index is 0.0559. The van der Waals surface area contributed by atoms with E-state index < -0.39 is 0 Å². The van der Waals surface area contributed by atoms with Crippen molar-refractivity contribution >= 4 is 33.1 Å². The molecule has 0 saturated heterocycles. The Labute approximate surface area is 161 Å². The molecule has 1 aliphatic carbocycles. The highest BCUT2D eigenvalue weighted by molar-refractivity contribution is 7.14. The molecule has 1 heterocycles. The third-order valence-electron chi connectivity index (χ3n) is 5.13. The molecule has 0 radical (unpaired) electrons. The van der Waals surface area contributed by atoms with E-state index in [2.05, 4.69) is 52.8 Å². The highest BCUT2D eigenvalue weighted by Crippen LogP contribution is 2.48. The molecule has 27 heavy (non-hydrogen) atoms. The van der Waals surface area contributed by atoms with Crippen molar-refractivity contribution in [2.45, 2.75) is 12.3 Å². The van der Waals surface area contributed by atoms with E-state index in [-0.39, 0.29) is 11.8 Å². The molecule has 1 aliphatic rings. The Morgan fingerprint density at radius 2 is 1.74 bits per heavy atom. The molecule has 2 atom stereocenters. The third kappa shape index (κ3) is 3.24. The molecule has 3 nitrogen and oxygen atoms in total. The fourth-order valence-electron chi connectivity index (χ4n) is 3.56. The lowest BCUT2D eigenvalue weighted by atomic mass is 10.1. The van der Waals surface area contributed by atoms with Gasteiger partial charge in [0.2, 0.25) is 5.91 Å². The van der Waals surface area contributed by atoms with Gasteiger partial charge >= 0.3 is 0 Å². The number of carbonyl (C=O) groups excluding carboxylic acids is 1. The Balaban J connectivity index is 1.30. The summed E-state index contributed by atoms with van der Waals surface area (Å²) in [7, 11) is 0. The minimum Gasteiger partial charge on any atom is -0.302 e. The molecular formula is C23H18N2OS. The Bertz CT molecular complexity index is 1120. The summed E-state index contributed by atoms with van der Waals surface area (Å²) in [6.45, 7) is 0. The van der Waals surface area contributed by atoms with E-state index in [0.717, 1.165) is 17.7 Å². The van der Waals surface area contributed by atoms with Crippen LogP contribution < -0.4 is 5.32 Å². The molecule has 132 valence electrons. The van der Waals surface area contributed by atoms with Crippen LogP contribution in [-0.2, 0) is 4.79 Å². The maximum Gasteiger partial charge on any atom is 0.229 e. The van der Waals surface area contributed by atoms with Crippen LogP contribution in [0.25, 0.3) is 22.0 Å². The molecule has 1 N–H and O–H groups in total. The quantitative estimate of drug-likeness (QED) is 0.500. The SMILES string of the molecule is O=C(Nc1nc(-c2ccc3ccccc3c2)cs1)[C@@H]1C[C@@H]1c1ccccc1. The normalized spacial score (nSPS) is 18.4. The van der Waals surface area contributed by atoms with Crippen LogP contribution in [0, 0.1) is 5.92 Å². The first-order valence-corrected chi connectivity index (χ1v) is 9.96. The van der Waals surface area contributed by atoms with Gasteiger partial charge in [0.1, 0.15) is 0 Å². The molecule has 1 saturated carbocycles. The molecule has 3 aromatic carbocycles. The molecule has 5 rings (SSSR count). The molecule has 0 spiro atoms. The van der Waals surface area contributed by atoms with E-state index in [9.17, 15) is 4.79 Å². The average Bonchev–Trinajstić information content (AvgIpc) is 3.40. The van der Waals surface area contributed by atoms with Crippen molar-refractivity contribution < 1.29 is 4.79 Å². The first kappa shape index (κ1) is 16.2. The first-order valence-electron chi connectivity index (χ1n) is 9.08.